The van der Waals surface area contributed by atoms with Crippen LogP contribution >= 0.6 is 0 Å². The summed E-state index contributed by atoms with van der Waals surface area (Å²) in [5.41, 5.74) is 0.576. The van der Waals surface area contributed by atoms with E-state index in [2.05, 4.69) is 12.2 Å². The SMILES string of the molecule is O[C@@]12CC[C@@H]3CC4C5C=C[C@]31[C@]54CC2. The molecule has 0 saturated heterocycles. The quantitative estimate of drug-likeness (QED) is 0.577. The molecule has 5 aliphatic rings. The van der Waals surface area contributed by atoms with Gasteiger partial charge >= 0.3 is 0 Å². The van der Waals surface area contributed by atoms with Crippen LogP contribution < -0.4 is 0 Å². The Hall–Kier alpha value is -0.300. The maximum atomic E-state index is 10.8. The van der Waals surface area contributed by atoms with Crippen molar-refractivity contribution < 1.29 is 5.11 Å². The lowest BCUT2D eigenvalue weighted by atomic mass is 9.68. The Balaban J connectivity index is 1.89. The molecule has 1 N–H and O–H groups in total. The summed E-state index contributed by atoms with van der Waals surface area (Å²) in [6.07, 6.45) is 11.1. The lowest BCUT2D eigenvalue weighted by molar-refractivity contribution is -0.0368. The molecule has 0 aromatic heterocycles. The molecule has 0 aliphatic heterocycles. The molecule has 14 heavy (non-hydrogen) atoms. The monoisotopic (exact) mass is 188 g/mol. The Morgan fingerprint density at radius 2 is 2.14 bits per heavy atom. The lowest BCUT2D eigenvalue weighted by Crippen LogP contribution is -2.42. The van der Waals surface area contributed by atoms with Crippen molar-refractivity contribution in [2.45, 2.75) is 37.7 Å². The van der Waals surface area contributed by atoms with Crippen molar-refractivity contribution in [3.05, 3.63) is 12.2 Å². The van der Waals surface area contributed by atoms with E-state index in [0.29, 0.717) is 5.41 Å². The molecule has 1 heteroatoms. The summed E-state index contributed by atoms with van der Waals surface area (Å²) >= 11 is 0. The van der Waals surface area contributed by atoms with Crippen LogP contribution in [-0.4, -0.2) is 10.7 Å². The molecule has 5 rings (SSSR count). The van der Waals surface area contributed by atoms with Crippen LogP contribution in [0.25, 0.3) is 0 Å². The van der Waals surface area contributed by atoms with Crippen molar-refractivity contribution in [3.8, 4) is 0 Å². The maximum absolute atomic E-state index is 10.8. The Labute approximate surface area is 84.2 Å². The van der Waals surface area contributed by atoms with Gasteiger partial charge in [0.1, 0.15) is 0 Å². The molecular weight excluding hydrogens is 172 g/mol. The van der Waals surface area contributed by atoms with Crippen molar-refractivity contribution in [1.82, 2.24) is 0 Å². The van der Waals surface area contributed by atoms with Crippen molar-refractivity contribution in [3.63, 3.8) is 0 Å². The molecule has 2 spiro atoms. The molecule has 5 aliphatic carbocycles. The maximum Gasteiger partial charge on any atom is 0.0746 e. The first-order valence-corrected chi connectivity index (χ1v) is 6.16. The molecule has 6 atom stereocenters. The normalized spacial score (nSPS) is 75.4. The molecule has 4 saturated carbocycles. The fraction of sp³-hybridized carbons (Fsp3) is 0.846. The van der Waals surface area contributed by atoms with Gasteiger partial charge in [0.2, 0.25) is 0 Å². The van der Waals surface area contributed by atoms with E-state index in [0.717, 1.165) is 30.6 Å². The number of rotatable bonds is 0. The fourth-order valence-electron chi connectivity index (χ4n) is 6.45. The van der Waals surface area contributed by atoms with Crippen LogP contribution in [0.3, 0.4) is 0 Å². The van der Waals surface area contributed by atoms with Crippen LogP contribution in [0.2, 0.25) is 0 Å². The van der Waals surface area contributed by atoms with E-state index >= 15 is 0 Å². The van der Waals surface area contributed by atoms with Gasteiger partial charge in [-0.3, -0.25) is 0 Å². The van der Waals surface area contributed by atoms with Gasteiger partial charge in [0, 0.05) is 5.41 Å². The number of fused-ring (bicyclic) bond motifs is 1. The van der Waals surface area contributed by atoms with Crippen molar-refractivity contribution in [2.24, 2.45) is 28.6 Å². The van der Waals surface area contributed by atoms with Crippen molar-refractivity contribution in [1.29, 1.82) is 0 Å². The molecule has 74 valence electrons. The van der Waals surface area contributed by atoms with E-state index in [-0.39, 0.29) is 11.0 Å². The van der Waals surface area contributed by atoms with Gasteiger partial charge in [-0.25, -0.2) is 0 Å². The van der Waals surface area contributed by atoms with Crippen LogP contribution in [0.4, 0.5) is 0 Å². The minimum Gasteiger partial charge on any atom is -0.389 e. The first-order valence-electron chi connectivity index (χ1n) is 6.16. The van der Waals surface area contributed by atoms with E-state index in [4.69, 9.17) is 0 Å². The molecule has 2 unspecified atom stereocenters. The third kappa shape index (κ3) is 0.364. The smallest absolute Gasteiger partial charge is 0.0746 e. The second-order valence-electron chi connectivity index (χ2n) is 6.40. The molecule has 0 amide bonds. The molecule has 0 radical (unpaired) electrons. The second-order valence-corrected chi connectivity index (χ2v) is 6.40. The summed E-state index contributed by atoms with van der Waals surface area (Å²) in [6, 6.07) is 0. The highest BCUT2D eigenvalue weighted by Crippen LogP contribution is 2.91. The summed E-state index contributed by atoms with van der Waals surface area (Å²) in [6.45, 7) is 0. The Morgan fingerprint density at radius 1 is 1.21 bits per heavy atom. The van der Waals surface area contributed by atoms with E-state index in [1.807, 2.05) is 0 Å². The summed E-state index contributed by atoms with van der Waals surface area (Å²) < 4.78 is 0. The number of hydrogen-bond donors (Lipinski definition) is 1. The van der Waals surface area contributed by atoms with Crippen LogP contribution in [0, 0.1) is 28.6 Å². The van der Waals surface area contributed by atoms with Crippen LogP contribution in [0.5, 0.6) is 0 Å². The molecule has 0 aromatic rings. The number of allylic oxidation sites excluding steroid dienone is 1. The molecule has 0 heterocycles. The van der Waals surface area contributed by atoms with Gasteiger partial charge in [-0.15, -0.1) is 0 Å². The predicted molar refractivity (Wildman–Crippen MR) is 52.5 cm³/mol. The molecule has 0 bridgehead atoms. The number of aliphatic hydroxyl groups is 1. The van der Waals surface area contributed by atoms with Crippen LogP contribution in [0.1, 0.15) is 32.1 Å². The molecule has 4 fully saturated rings. The Kier molecular flexibility index (Phi) is 0.771. The summed E-state index contributed by atoms with van der Waals surface area (Å²) in [4.78, 5) is 0. The van der Waals surface area contributed by atoms with Gasteiger partial charge in [-0.2, -0.15) is 0 Å². The van der Waals surface area contributed by atoms with Gasteiger partial charge in [0.05, 0.1) is 5.60 Å². The minimum atomic E-state index is -0.284. The Morgan fingerprint density at radius 3 is 3.07 bits per heavy atom. The lowest BCUT2D eigenvalue weighted by Gasteiger charge is -2.38. The van der Waals surface area contributed by atoms with Gasteiger partial charge in [0.15, 0.2) is 0 Å². The molecule has 1 nitrogen and oxygen atoms in total. The topological polar surface area (TPSA) is 20.2 Å². The highest BCUT2D eigenvalue weighted by Gasteiger charge is 2.88. The zero-order valence-corrected chi connectivity index (χ0v) is 8.37. The predicted octanol–water partition coefficient (Wildman–Crippen LogP) is 2.11. The average Bonchev–Trinajstić information content (AvgIpc) is 2.51. The Bertz CT molecular complexity index is 387. The first-order chi connectivity index (χ1) is 6.75. The minimum absolute atomic E-state index is 0.273. The summed E-state index contributed by atoms with van der Waals surface area (Å²) in [5, 5.41) is 10.8. The van der Waals surface area contributed by atoms with Gasteiger partial charge in [0.25, 0.3) is 0 Å². The zero-order chi connectivity index (χ0) is 9.18. The fourth-order valence-corrected chi connectivity index (χ4v) is 6.45. The third-order valence-electron chi connectivity index (χ3n) is 6.73. The molecule has 0 aromatic carbocycles. The average molecular weight is 188 g/mol. The van der Waals surface area contributed by atoms with E-state index in [9.17, 15) is 5.11 Å². The standard InChI is InChI=1S/C13H16O/c14-11-3-1-8-7-10-9-2-4-13(8,11)12(9,10)6-5-11/h2,4,8-10,14H,1,3,5-7H2/t8-,9?,10?,11-,12-,13+/m1/s1. The van der Waals surface area contributed by atoms with Crippen LogP contribution in [0.15, 0.2) is 12.2 Å². The van der Waals surface area contributed by atoms with E-state index in [1.54, 1.807) is 0 Å². The zero-order valence-electron chi connectivity index (χ0n) is 8.37. The van der Waals surface area contributed by atoms with Gasteiger partial charge in [-0.1, -0.05) is 12.2 Å². The van der Waals surface area contributed by atoms with Crippen molar-refractivity contribution >= 4 is 0 Å². The first kappa shape index (κ1) is 7.05. The van der Waals surface area contributed by atoms with E-state index < -0.39 is 0 Å². The highest BCUT2D eigenvalue weighted by atomic mass is 16.3. The summed E-state index contributed by atoms with van der Waals surface area (Å²) in [7, 11) is 0. The third-order valence-corrected chi connectivity index (χ3v) is 6.73. The van der Waals surface area contributed by atoms with Crippen LogP contribution in [-0.2, 0) is 0 Å². The van der Waals surface area contributed by atoms with Gasteiger partial charge in [-0.05, 0) is 55.3 Å². The van der Waals surface area contributed by atoms with Gasteiger partial charge < -0.3 is 5.11 Å². The summed E-state index contributed by atoms with van der Waals surface area (Å²) in [5.74, 6) is 2.70. The van der Waals surface area contributed by atoms with E-state index in [1.165, 1.54) is 19.3 Å². The second kappa shape index (κ2) is 1.53. The largest absolute Gasteiger partial charge is 0.389 e. The number of hydrogen-bond acceptors (Lipinski definition) is 1. The molecular formula is C13H16O. The highest BCUT2D eigenvalue weighted by molar-refractivity contribution is 5.47. The van der Waals surface area contributed by atoms with Crippen molar-refractivity contribution in [2.75, 3.05) is 0 Å².